The minimum absolute atomic E-state index is 0.136. The summed E-state index contributed by atoms with van der Waals surface area (Å²) in [6, 6.07) is 7.24. The van der Waals surface area contributed by atoms with Crippen molar-refractivity contribution in [1.29, 1.82) is 0 Å². The van der Waals surface area contributed by atoms with Crippen molar-refractivity contribution < 1.29 is 9.53 Å². The van der Waals surface area contributed by atoms with Crippen molar-refractivity contribution in [1.82, 2.24) is 9.88 Å². The molecule has 0 N–H and O–H groups in total. The van der Waals surface area contributed by atoms with Gasteiger partial charge in [-0.25, -0.2) is 4.98 Å². The minimum Gasteiger partial charge on any atom is -0.486 e. The Morgan fingerprint density at radius 2 is 2.12 bits per heavy atom. The lowest BCUT2D eigenvalue weighted by Gasteiger charge is -2.30. The molecule has 1 fully saturated rings. The first-order chi connectivity index (χ1) is 11.6. The average Bonchev–Trinajstić information content (AvgIpc) is 2.97. The maximum absolute atomic E-state index is 12.3. The summed E-state index contributed by atoms with van der Waals surface area (Å²) < 4.78 is 5.68. The van der Waals surface area contributed by atoms with Crippen LogP contribution in [-0.4, -0.2) is 29.4 Å². The number of nitrogens with zero attached hydrogens (tertiary/aromatic N) is 2. The normalized spacial score (nSPS) is 14.2. The molecule has 0 aliphatic heterocycles. The molecule has 1 amide bonds. The van der Waals surface area contributed by atoms with Crippen molar-refractivity contribution in [2.75, 3.05) is 13.6 Å². The van der Waals surface area contributed by atoms with Crippen LogP contribution in [-0.2, 0) is 17.8 Å². The van der Waals surface area contributed by atoms with Crippen LogP contribution in [0.4, 0.5) is 0 Å². The van der Waals surface area contributed by atoms with Crippen LogP contribution in [0, 0.1) is 5.92 Å². The predicted molar refractivity (Wildman–Crippen MR) is 96.6 cm³/mol. The van der Waals surface area contributed by atoms with Crippen LogP contribution in [0.15, 0.2) is 29.6 Å². The molecule has 0 spiro atoms. The van der Waals surface area contributed by atoms with Crippen LogP contribution in [0.2, 0.25) is 5.02 Å². The van der Waals surface area contributed by atoms with E-state index < -0.39 is 0 Å². The van der Waals surface area contributed by atoms with E-state index in [-0.39, 0.29) is 5.91 Å². The Morgan fingerprint density at radius 3 is 2.79 bits per heavy atom. The molecule has 4 nitrogen and oxygen atoms in total. The number of amides is 1. The molecule has 0 saturated heterocycles. The summed E-state index contributed by atoms with van der Waals surface area (Å²) in [6.07, 6.45) is 4.16. The van der Waals surface area contributed by atoms with E-state index >= 15 is 0 Å². The van der Waals surface area contributed by atoms with Gasteiger partial charge in [0, 0.05) is 24.0 Å². The Hall–Kier alpha value is -1.59. The fraction of sp³-hybridized carbons (Fsp3) is 0.444. The standard InChI is InChI=1S/C18H21ClN2O2S/c1-21(10-13-3-2-4-13)18(22)9-15-12-24-17(20-15)11-23-16-7-5-14(19)6-8-16/h5-8,12-13H,2-4,9-11H2,1H3. The molecule has 128 valence electrons. The van der Waals surface area contributed by atoms with E-state index in [1.165, 1.54) is 30.6 Å². The van der Waals surface area contributed by atoms with Gasteiger partial charge in [-0.1, -0.05) is 18.0 Å². The number of ether oxygens (including phenoxy) is 1. The van der Waals surface area contributed by atoms with Gasteiger partial charge in [-0.15, -0.1) is 11.3 Å². The van der Waals surface area contributed by atoms with Gasteiger partial charge in [0.15, 0.2) is 0 Å². The van der Waals surface area contributed by atoms with Gasteiger partial charge in [-0.3, -0.25) is 4.79 Å². The Kier molecular flexibility index (Phi) is 5.74. The highest BCUT2D eigenvalue weighted by molar-refractivity contribution is 7.09. The van der Waals surface area contributed by atoms with Crippen LogP contribution in [0.1, 0.15) is 30.0 Å². The molecule has 1 saturated carbocycles. The van der Waals surface area contributed by atoms with Gasteiger partial charge < -0.3 is 9.64 Å². The highest BCUT2D eigenvalue weighted by Crippen LogP contribution is 2.27. The van der Waals surface area contributed by atoms with Crippen molar-refractivity contribution in [3.05, 3.63) is 45.4 Å². The molecule has 6 heteroatoms. The lowest BCUT2D eigenvalue weighted by Crippen LogP contribution is -2.35. The number of hydrogen-bond donors (Lipinski definition) is 0. The summed E-state index contributed by atoms with van der Waals surface area (Å²) in [5, 5.41) is 3.49. The van der Waals surface area contributed by atoms with E-state index in [1.54, 1.807) is 12.1 Å². The molecule has 1 aliphatic carbocycles. The van der Waals surface area contributed by atoms with Gasteiger partial charge >= 0.3 is 0 Å². The topological polar surface area (TPSA) is 42.4 Å². The summed E-state index contributed by atoms with van der Waals surface area (Å²) in [6.45, 7) is 1.27. The maximum atomic E-state index is 12.3. The Labute approximate surface area is 151 Å². The van der Waals surface area contributed by atoms with E-state index in [0.717, 1.165) is 23.0 Å². The van der Waals surface area contributed by atoms with Crippen molar-refractivity contribution in [3.63, 3.8) is 0 Å². The summed E-state index contributed by atoms with van der Waals surface area (Å²) >= 11 is 7.37. The number of hydrogen-bond acceptors (Lipinski definition) is 4. The van der Waals surface area contributed by atoms with Crippen LogP contribution in [0.3, 0.4) is 0 Å². The van der Waals surface area contributed by atoms with Gasteiger partial charge in [0.1, 0.15) is 17.4 Å². The number of halogens is 1. The Balaban J connectivity index is 1.47. The monoisotopic (exact) mass is 364 g/mol. The second kappa shape index (κ2) is 7.99. The number of rotatable bonds is 7. The molecule has 0 radical (unpaired) electrons. The number of carbonyl (C=O) groups is 1. The summed E-state index contributed by atoms with van der Waals surface area (Å²) in [7, 11) is 1.89. The molecule has 1 aromatic carbocycles. The molecule has 1 aliphatic rings. The van der Waals surface area contributed by atoms with Gasteiger partial charge in [0.2, 0.25) is 5.91 Å². The Bertz CT molecular complexity index is 683. The molecule has 3 rings (SSSR count). The second-order valence-corrected chi connectivity index (χ2v) is 7.60. The van der Waals surface area contributed by atoms with E-state index in [0.29, 0.717) is 24.0 Å². The molecule has 2 aromatic rings. The second-order valence-electron chi connectivity index (χ2n) is 6.22. The number of likely N-dealkylation sites (N-methyl/N-ethyl adjacent to an activating group) is 1. The van der Waals surface area contributed by atoms with Gasteiger partial charge in [-0.2, -0.15) is 0 Å². The molecule has 24 heavy (non-hydrogen) atoms. The van der Waals surface area contributed by atoms with E-state index in [1.807, 2.05) is 29.5 Å². The molecular formula is C18H21ClN2O2S. The van der Waals surface area contributed by atoms with Gasteiger partial charge in [0.25, 0.3) is 0 Å². The first-order valence-corrected chi connectivity index (χ1v) is 9.41. The highest BCUT2D eigenvalue weighted by Gasteiger charge is 2.21. The zero-order valence-corrected chi connectivity index (χ0v) is 15.3. The summed E-state index contributed by atoms with van der Waals surface area (Å²) in [5.74, 6) is 1.59. The first-order valence-electron chi connectivity index (χ1n) is 8.16. The minimum atomic E-state index is 0.136. The summed E-state index contributed by atoms with van der Waals surface area (Å²) in [5.41, 5.74) is 0.820. The third-order valence-corrected chi connectivity index (χ3v) is 5.41. The number of benzene rings is 1. The molecule has 0 bridgehead atoms. The van der Waals surface area contributed by atoms with Crippen LogP contribution < -0.4 is 4.74 Å². The summed E-state index contributed by atoms with van der Waals surface area (Å²) in [4.78, 5) is 18.6. The van der Waals surface area contributed by atoms with E-state index in [2.05, 4.69) is 4.98 Å². The smallest absolute Gasteiger partial charge is 0.228 e. The molecule has 1 heterocycles. The molecular weight excluding hydrogens is 344 g/mol. The molecule has 0 atom stereocenters. The zero-order valence-electron chi connectivity index (χ0n) is 13.7. The quantitative estimate of drug-likeness (QED) is 0.740. The van der Waals surface area contributed by atoms with E-state index in [4.69, 9.17) is 16.3 Å². The lowest BCUT2D eigenvalue weighted by molar-refractivity contribution is -0.130. The molecule has 1 aromatic heterocycles. The van der Waals surface area contributed by atoms with Crippen molar-refractivity contribution in [3.8, 4) is 5.75 Å². The predicted octanol–water partition coefficient (Wildman–Crippen LogP) is 4.18. The number of thiazole rings is 1. The van der Waals surface area contributed by atoms with Crippen molar-refractivity contribution in [2.45, 2.75) is 32.3 Å². The third kappa shape index (κ3) is 4.71. The zero-order chi connectivity index (χ0) is 16.9. The van der Waals surface area contributed by atoms with Gasteiger partial charge in [-0.05, 0) is 43.0 Å². The first kappa shape index (κ1) is 17.2. The van der Waals surface area contributed by atoms with Crippen LogP contribution in [0.5, 0.6) is 5.75 Å². The lowest BCUT2D eigenvalue weighted by atomic mass is 9.85. The van der Waals surface area contributed by atoms with Crippen molar-refractivity contribution >= 4 is 28.8 Å². The third-order valence-electron chi connectivity index (χ3n) is 4.29. The maximum Gasteiger partial charge on any atom is 0.228 e. The SMILES string of the molecule is CN(CC1CCC1)C(=O)Cc1csc(COc2ccc(Cl)cc2)n1. The largest absolute Gasteiger partial charge is 0.486 e. The Morgan fingerprint density at radius 1 is 1.38 bits per heavy atom. The van der Waals surface area contributed by atoms with Gasteiger partial charge in [0.05, 0.1) is 12.1 Å². The highest BCUT2D eigenvalue weighted by atomic mass is 35.5. The van der Waals surface area contributed by atoms with Crippen LogP contribution in [0.25, 0.3) is 0 Å². The van der Waals surface area contributed by atoms with E-state index in [9.17, 15) is 4.79 Å². The fourth-order valence-electron chi connectivity index (χ4n) is 2.63. The fourth-order valence-corrected chi connectivity index (χ4v) is 3.46. The number of carbonyl (C=O) groups excluding carboxylic acids is 1. The van der Waals surface area contributed by atoms with Crippen LogP contribution >= 0.6 is 22.9 Å². The molecule has 0 unspecified atom stereocenters. The average molecular weight is 365 g/mol. The number of aromatic nitrogens is 1. The van der Waals surface area contributed by atoms with Crippen molar-refractivity contribution in [2.24, 2.45) is 5.92 Å².